The summed E-state index contributed by atoms with van der Waals surface area (Å²) in [5.41, 5.74) is 2.22. The van der Waals surface area contributed by atoms with Gasteiger partial charge in [0, 0.05) is 20.1 Å². The average Bonchev–Trinajstić information content (AvgIpc) is 2.47. The van der Waals surface area contributed by atoms with Gasteiger partial charge in [0.1, 0.15) is 11.0 Å². The zero-order chi connectivity index (χ0) is 15.0. The van der Waals surface area contributed by atoms with E-state index in [0.717, 1.165) is 24.5 Å². The molecule has 21 heavy (non-hydrogen) atoms. The Morgan fingerprint density at radius 2 is 1.95 bits per heavy atom. The number of fused-ring (bicyclic) bond motifs is 1. The van der Waals surface area contributed by atoms with Gasteiger partial charge in [-0.1, -0.05) is 23.7 Å². The van der Waals surface area contributed by atoms with Crippen LogP contribution in [0.15, 0.2) is 36.4 Å². The molecule has 3 rings (SSSR count). The number of hydrogen-bond acceptors (Lipinski definition) is 4. The highest BCUT2D eigenvalue weighted by Gasteiger charge is 2.23. The van der Waals surface area contributed by atoms with Crippen molar-refractivity contribution in [2.24, 2.45) is 0 Å². The van der Waals surface area contributed by atoms with Crippen LogP contribution in [0, 0.1) is 0 Å². The molecule has 2 aromatic rings. The van der Waals surface area contributed by atoms with Gasteiger partial charge in [-0.3, -0.25) is 0 Å². The number of pyridine rings is 1. The summed E-state index contributed by atoms with van der Waals surface area (Å²) in [5.74, 6) is -0.455. The number of halogens is 1. The van der Waals surface area contributed by atoms with Crippen molar-refractivity contribution in [3.05, 3.63) is 47.1 Å². The first-order valence-electron chi connectivity index (χ1n) is 6.55. The van der Waals surface area contributed by atoms with Gasteiger partial charge in [0.2, 0.25) is 0 Å². The van der Waals surface area contributed by atoms with Crippen molar-refractivity contribution >= 4 is 34.8 Å². The Balaban J connectivity index is 2.10. The van der Waals surface area contributed by atoms with Gasteiger partial charge in [0.15, 0.2) is 0 Å². The normalized spacial score (nSPS) is 14.0. The summed E-state index contributed by atoms with van der Waals surface area (Å²) in [6.45, 7) is 1.55. The number of carboxylic acids is 1. The maximum Gasteiger partial charge on any atom is 0.335 e. The summed E-state index contributed by atoms with van der Waals surface area (Å²) in [6.07, 6.45) is 0. The molecule has 0 unspecified atom stereocenters. The van der Waals surface area contributed by atoms with E-state index < -0.39 is 5.97 Å². The van der Waals surface area contributed by atoms with Crippen LogP contribution in [-0.4, -0.2) is 36.2 Å². The van der Waals surface area contributed by atoms with Gasteiger partial charge in [-0.15, -0.1) is 0 Å². The van der Waals surface area contributed by atoms with Gasteiger partial charge in [0.25, 0.3) is 0 Å². The fourth-order valence-electron chi connectivity index (χ4n) is 2.49. The second-order valence-electron chi connectivity index (χ2n) is 4.90. The number of carbonyl (C=O) groups is 1. The molecule has 0 bridgehead atoms. The standard InChI is InChI=1S/C15H14ClN3O2/c1-18-6-7-19(12-5-3-2-4-11(12)18)14-9-10(15(20)21)8-13(16)17-14/h2-5,8-9H,6-7H2,1H3,(H,20,21). The molecular weight excluding hydrogens is 290 g/mol. The molecule has 1 N–H and O–H groups in total. The monoisotopic (exact) mass is 303 g/mol. The van der Waals surface area contributed by atoms with E-state index in [0.29, 0.717) is 5.82 Å². The Morgan fingerprint density at radius 1 is 1.24 bits per heavy atom. The van der Waals surface area contributed by atoms with Crippen LogP contribution in [0.3, 0.4) is 0 Å². The van der Waals surface area contributed by atoms with Crippen molar-refractivity contribution in [3.8, 4) is 0 Å². The van der Waals surface area contributed by atoms with E-state index in [2.05, 4.69) is 9.88 Å². The molecule has 5 nitrogen and oxygen atoms in total. The van der Waals surface area contributed by atoms with Crippen molar-refractivity contribution in [2.45, 2.75) is 0 Å². The van der Waals surface area contributed by atoms with Crippen molar-refractivity contribution < 1.29 is 9.90 Å². The molecule has 6 heteroatoms. The first kappa shape index (κ1) is 13.7. The van der Waals surface area contributed by atoms with Crippen molar-refractivity contribution in [3.63, 3.8) is 0 Å². The number of nitrogens with zero attached hydrogens (tertiary/aromatic N) is 3. The lowest BCUT2D eigenvalue weighted by Gasteiger charge is -2.36. The summed E-state index contributed by atoms with van der Waals surface area (Å²) < 4.78 is 0. The molecule has 0 spiro atoms. The van der Waals surface area contributed by atoms with Crippen LogP contribution in [0.1, 0.15) is 10.4 Å². The van der Waals surface area contributed by atoms with Crippen LogP contribution < -0.4 is 9.80 Å². The van der Waals surface area contributed by atoms with Crippen molar-refractivity contribution in [1.82, 2.24) is 4.98 Å². The van der Waals surface area contributed by atoms with E-state index in [1.54, 1.807) is 6.07 Å². The van der Waals surface area contributed by atoms with Crippen LogP contribution in [-0.2, 0) is 0 Å². The van der Waals surface area contributed by atoms with Gasteiger partial charge in [-0.25, -0.2) is 9.78 Å². The molecule has 1 aromatic carbocycles. The Morgan fingerprint density at radius 3 is 2.67 bits per heavy atom. The van der Waals surface area contributed by atoms with E-state index in [9.17, 15) is 4.79 Å². The molecule has 2 heterocycles. The van der Waals surface area contributed by atoms with Crippen molar-refractivity contribution in [1.29, 1.82) is 0 Å². The Labute approximate surface area is 127 Å². The SMILES string of the molecule is CN1CCN(c2cc(C(=O)O)cc(Cl)n2)c2ccccc21. The fraction of sp³-hybridized carbons (Fsp3) is 0.200. The third kappa shape index (κ3) is 2.52. The van der Waals surface area contributed by atoms with Gasteiger partial charge >= 0.3 is 5.97 Å². The van der Waals surface area contributed by atoms with E-state index in [1.807, 2.05) is 36.2 Å². The molecule has 0 atom stereocenters. The molecule has 108 valence electrons. The molecule has 0 fully saturated rings. The third-order valence-corrected chi connectivity index (χ3v) is 3.74. The summed E-state index contributed by atoms with van der Waals surface area (Å²) in [5, 5.41) is 9.34. The zero-order valence-corrected chi connectivity index (χ0v) is 12.2. The second kappa shape index (κ2) is 5.26. The van der Waals surface area contributed by atoms with E-state index >= 15 is 0 Å². The minimum absolute atomic E-state index is 0.140. The largest absolute Gasteiger partial charge is 0.478 e. The molecule has 1 aliphatic heterocycles. The van der Waals surface area contributed by atoms with E-state index in [-0.39, 0.29) is 10.7 Å². The van der Waals surface area contributed by atoms with Gasteiger partial charge < -0.3 is 14.9 Å². The molecule has 0 saturated carbocycles. The number of anilines is 3. The lowest BCUT2D eigenvalue weighted by molar-refractivity contribution is 0.0697. The van der Waals surface area contributed by atoms with E-state index in [1.165, 1.54) is 6.07 Å². The fourth-order valence-corrected chi connectivity index (χ4v) is 2.69. The van der Waals surface area contributed by atoms with Crippen LogP contribution in [0.25, 0.3) is 0 Å². The number of carboxylic acid groups (broad SMARTS) is 1. The molecule has 0 amide bonds. The molecule has 0 saturated heterocycles. The Hall–Kier alpha value is -2.27. The first-order valence-corrected chi connectivity index (χ1v) is 6.92. The summed E-state index contributed by atoms with van der Waals surface area (Å²) in [4.78, 5) is 19.6. The highest BCUT2D eigenvalue weighted by atomic mass is 35.5. The Kier molecular flexibility index (Phi) is 3.43. The zero-order valence-electron chi connectivity index (χ0n) is 11.5. The summed E-state index contributed by atoms with van der Waals surface area (Å²) in [7, 11) is 2.03. The number of rotatable bonds is 2. The smallest absolute Gasteiger partial charge is 0.335 e. The van der Waals surface area contributed by atoms with Crippen LogP contribution in [0.5, 0.6) is 0 Å². The lowest BCUT2D eigenvalue weighted by atomic mass is 10.1. The molecule has 0 radical (unpaired) electrons. The van der Waals surface area contributed by atoms with Gasteiger partial charge in [0.05, 0.1) is 16.9 Å². The second-order valence-corrected chi connectivity index (χ2v) is 5.29. The number of aromatic carboxylic acids is 1. The van der Waals surface area contributed by atoms with Gasteiger partial charge in [-0.05, 0) is 24.3 Å². The minimum Gasteiger partial charge on any atom is -0.478 e. The molecular formula is C15H14ClN3O2. The number of aromatic nitrogens is 1. The van der Waals surface area contributed by atoms with E-state index in [4.69, 9.17) is 16.7 Å². The highest BCUT2D eigenvalue weighted by molar-refractivity contribution is 6.29. The first-order chi connectivity index (χ1) is 10.1. The number of likely N-dealkylation sites (N-methyl/N-ethyl adjacent to an activating group) is 1. The molecule has 1 aromatic heterocycles. The average molecular weight is 304 g/mol. The summed E-state index contributed by atoms with van der Waals surface area (Å²) >= 11 is 5.96. The maximum atomic E-state index is 11.2. The van der Waals surface area contributed by atoms with Crippen LogP contribution >= 0.6 is 11.6 Å². The van der Waals surface area contributed by atoms with Crippen LogP contribution in [0.2, 0.25) is 5.15 Å². The lowest BCUT2D eigenvalue weighted by Crippen LogP contribution is -2.36. The maximum absolute atomic E-state index is 11.2. The third-order valence-electron chi connectivity index (χ3n) is 3.55. The molecule has 1 aliphatic rings. The minimum atomic E-state index is -1.01. The quantitative estimate of drug-likeness (QED) is 0.864. The highest BCUT2D eigenvalue weighted by Crippen LogP contribution is 2.36. The summed E-state index contributed by atoms with van der Waals surface area (Å²) in [6, 6.07) is 10.9. The van der Waals surface area contributed by atoms with Crippen LogP contribution in [0.4, 0.5) is 17.2 Å². The number of para-hydroxylation sites is 2. The number of benzene rings is 1. The number of hydrogen-bond donors (Lipinski definition) is 1. The predicted molar refractivity (Wildman–Crippen MR) is 82.9 cm³/mol. The van der Waals surface area contributed by atoms with Crippen molar-refractivity contribution in [2.75, 3.05) is 29.9 Å². The predicted octanol–water partition coefficient (Wildman–Crippen LogP) is 3.02. The van der Waals surface area contributed by atoms with Gasteiger partial charge in [-0.2, -0.15) is 0 Å². The molecule has 0 aliphatic carbocycles. The Bertz CT molecular complexity index is 705. The topological polar surface area (TPSA) is 56.7 Å².